The minimum Gasteiger partial charge on any atom is -0.388 e. The van der Waals surface area contributed by atoms with Crippen LogP contribution in [0.25, 0.3) is 0 Å². The van der Waals surface area contributed by atoms with Gasteiger partial charge in [0.05, 0.1) is 5.56 Å². The van der Waals surface area contributed by atoms with Gasteiger partial charge in [0.2, 0.25) is 5.88 Å². The van der Waals surface area contributed by atoms with E-state index in [4.69, 9.17) is 5.26 Å². The highest BCUT2D eigenvalue weighted by Gasteiger charge is 2.31. The van der Waals surface area contributed by atoms with Gasteiger partial charge in [-0.3, -0.25) is 0 Å². The maximum atomic E-state index is 11.6. The van der Waals surface area contributed by atoms with Crippen LogP contribution in [0.2, 0.25) is 0 Å². The van der Waals surface area contributed by atoms with Crippen molar-refractivity contribution in [3.8, 4) is 11.9 Å². The molecule has 1 aromatic rings. The molecule has 0 fully saturated rings. The first kappa shape index (κ1) is 9.32. The molecule has 0 unspecified atom stereocenters. The average Bonchev–Trinajstić information content (AvgIpc) is 2.03. The SMILES string of the molecule is N#Cc1ccc(OC(F)(F)F)nc1. The second kappa shape index (κ2) is 3.31. The van der Waals surface area contributed by atoms with Gasteiger partial charge < -0.3 is 4.74 Å². The highest BCUT2D eigenvalue weighted by molar-refractivity contribution is 5.28. The maximum Gasteiger partial charge on any atom is 0.574 e. The molecular formula is C7H3F3N2O. The Morgan fingerprint density at radius 2 is 2.08 bits per heavy atom. The standard InChI is InChI=1S/C7H3F3N2O/c8-7(9,10)13-6-2-1-5(3-11)4-12-6/h1-2,4H. The summed E-state index contributed by atoms with van der Waals surface area (Å²) in [7, 11) is 0. The van der Waals surface area contributed by atoms with Crippen LogP contribution in [0.3, 0.4) is 0 Å². The summed E-state index contributed by atoms with van der Waals surface area (Å²) in [6.07, 6.45) is -3.75. The Labute approximate surface area is 71.4 Å². The predicted octanol–water partition coefficient (Wildman–Crippen LogP) is 1.85. The normalized spacial score (nSPS) is 10.6. The fourth-order valence-corrected chi connectivity index (χ4v) is 0.625. The molecule has 0 radical (unpaired) electrons. The number of pyridine rings is 1. The second-order valence-electron chi connectivity index (χ2n) is 2.04. The fraction of sp³-hybridized carbons (Fsp3) is 0.143. The van der Waals surface area contributed by atoms with Crippen LogP contribution < -0.4 is 4.74 Å². The molecule has 0 aliphatic rings. The summed E-state index contributed by atoms with van der Waals surface area (Å²) in [5.41, 5.74) is 0.175. The minimum absolute atomic E-state index is 0.175. The van der Waals surface area contributed by atoms with E-state index in [1.807, 2.05) is 0 Å². The molecule has 3 nitrogen and oxygen atoms in total. The number of aromatic nitrogens is 1. The van der Waals surface area contributed by atoms with Crippen LogP contribution in [0.4, 0.5) is 13.2 Å². The summed E-state index contributed by atoms with van der Waals surface area (Å²) in [6.45, 7) is 0. The number of ether oxygens (including phenoxy) is 1. The van der Waals surface area contributed by atoms with Crippen molar-refractivity contribution in [3.63, 3.8) is 0 Å². The van der Waals surface area contributed by atoms with Crippen molar-refractivity contribution in [2.24, 2.45) is 0 Å². The Hall–Kier alpha value is -1.77. The van der Waals surface area contributed by atoms with Crippen LogP contribution in [0.15, 0.2) is 18.3 Å². The Kier molecular flexibility index (Phi) is 2.37. The zero-order valence-corrected chi connectivity index (χ0v) is 6.17. The Bertz CT molecular complexity index is 325. The number of rotatable bonds is 1. The molecule has 68 valence electrons. The molecule has 0 atom stereocenters. The zero-order chi connectivity index (χ0) is 9.90. The first-order chi connectivity index (χ1) is 6.01. The van der Waals surface area contributed by atoms with E-state index in [2.05, 4.69) is 9.72 Å². The number of nitriles is 1. The number of halogens is 3. The summed E-state index contributed by atoms with van der Waals surface area (Å²) >= 11 is 0. The largest absolute Gasteiger partial charge is 0.574 e. The fourth-order valence-electron chi connectivity index (χ4n) is 0.625. The second-order valence-corrected chi connectivity index (χ2v) is 2.04. The van der Waals surface area contributed by atoms with Crippen molar-refractivity contribution in [2.45, 2.75) is 6.36 Å². The lowest BCUT2D eigenvalue weighted by atomic mass is 10.3. The molecule has 0 saturated carbocycles. The number of hydrogen-bond acceptors (Lipinski definition) is 3. The molecule has 0 saturated heterocycles. The third kappa shape index (κ3) is 2.99. The van der Waals surface area contributed by atoms with Crippen molar-refractivity contribution in [1.82, 2.24) is 4.98 Å². The summed E-state index contributed by atoms with van der Waals surface area (Å²) in [6, 6.07) is 3.88. The van der Waals surface area contributed by atoms with E-state index < -0.39 is 12.2 Å². The number of hydrogen-bond donors (Lipinski definition) is 0. The third-order valence-corrected chi connectivity index (χ3v) is 1.09. The van der Waals surface area contributed by atoms with Gasteiger partial charge in [-0.1, -0.05) is 0 Å². The van der Waals surface area contributed by atoms with E-state index in [1.165, 1.54) is 6.07 Å². The molecule has 0 aromatic carbocycles. The molecule has 1 rings (SSSR count). The van der Waals surface area contributed by atoms with Gasteiger partial charge >= 0.3 is 6.36 Å². The Balaban J connectivity index is 2.77. The highest BCUT2D eigenvalue weighted by atomic mass is 19.4. The van der Waals surface area contributed by atoms with E-state index in [0.29, 0.717) is 0 Å². The molecule has 6 heteroatoms. The van der Waals surface area contributed by atoms with Crippen LogP contribution in [-0.4, -0.2) is 11.3 Å². The van der Waals surface area contributed by atoms with E-state index in [0.717, 1.165) is 12.3 Å². The highest BCUT2D eigenvalue weighted by Crippen LogP contribution is 2.20. The van der Waals surface area contributed by atoms with E-state index in [1.54, 1.807) is 6.07 Å². The molecule has 0 aliphatic heterocycles. The molecule has 1 aromatic heterocycles. The first-order valence-electron chi connectivity index (χ1n) is 3.13. The van der Waals surface area contributed by atoms with Gasteiger partial charge in [0.15, 0.2) is 0 Å². The molecule has 0 bridgehead atoms. The van der Waals surface area contributed by atoms with Gasteiger partial charge in [0.1, 0.15) is 6.07 Å². The van der Waals surface area contributed by atoms with Gasteiger partial charge in [-0.15, -0.1) is 13.2 Å². The van der Waals surface area contributed by atoms with Crippen molar-refractivity contribution in [3.05, 3.63) is 23.9 Å². The zero-order valence-electron chi connectivity index (χ0n) is 6.17. The Morgan fingerprint density at radius 1 is 1.38 bits per heavy atom. The van der Waals surface area contributed by atoms with Gasteiger partial charge in [0, 0.05) is 12.3 Å². The van der Waals surface area contributed by atoms with Gasteiger partial charge in [0.25, 0.3) is 0 Å². The average molecular weight is 188 g/mol. The van der Waals surface area contributed by atoms with Crippen LogP contribution in [0.5, 0.6) is 5.88 Å². The quantitative estimate of drug-likeness (QED) is 0.675. The van der Waals surface area contributed by atoms with Crippen molar-refractivity contribution in [1.29, 1.82) is 5.26 Å². The summed E-state index contributed by atoms with van der Waals surface area (Å²) in [4.78, 5) is 3.27. The molecular weight excluding hydrogens is 185 g/mol. The van der Waals surface area contributed by atoms with E-state index >= 15 is 0 Å². The smallest absolute Gasteiger partial charge is 0.388 e. The topological polar surface area (TPSA) is 45.9 Å². The number of nitrogens with zero attached hydrogens (tertiary/aromatic N) is 2. The summed E-state index contributed by atoms with van der Waals surface area (Å²) < 4.78 is 38.3. The predicted molar refractivity (Wildman–Crippen MR) is 35.6 cm³/mol. The molecule has 0 amide bonds. The minimum atomic E-state index is -4.75. The van der Waals surface area contributed by atoms with Crippen LogP contribution in [0, 0.1) is 11.3 Å². The summed E-state index contributed by atoms with van der Waals surface area (Å²) in [5, 5.41) is 8.31. The summed E-state index contributed by atoms with van der Waals surface area (Å²) in [5.74, 6) is -0.577. The molecule has 0 aliphatic carbocycles. The lowest BCUT2D eigenvalue weighted by Gasteiger charge is -2.06. The van der Waals surface area contributed by atoms with Gasteiger partial charge in [-0.2, -0.15) is 5.26 Å². The van der Waals surface area contributed by atoms with Crippen molar-refractivity contribution in [2.75, 3.05) is 0 Å². The van der Waals surface area contributed by atoms with Crippen LogP contribution >= 0.6 is 0 Å². The first-order valence-corrected chi connectivity index (χ1v) is 3.13. The van der Waals surface area contributed by atoms with Crippen molar-refractivity contribution < 1.29 is 17.9 Å². The molecule has 0 spiro atoms. The van der Waals surface area contributed by atoms with Gasteiger partial charge in [-0.05, 0) is 6.07 Å². The molecule has 0 N–H and O–H groups in total. The third-order valence-electron chi connectivity index (χ3n) is 1.09. The van der Waals surface area contributed by atoms with E-state index in [9.17, 15) is 13.2 Å². The monoisotopic (exact) mass is 188 g/mol. The lowest BCUT2D eigenvalue weighted by Crippen LogP contribution is -2.17. The van der Waals surface area contributed by atoms with Crippen LogP contribution in [0.1, 0.15) is 5.56 Å². The van der Waals surface area contributed by atoms with E-state index in [-0.39, 0.29) is 5.56 Å². The number of alkyl halides is 3. The Morgan fingerprint density at radius 3 is 2.46 bits per heavy atom. The van der Waals surface area contributed by atoms with Crippen molar-refractivity contribution >= 4 is 0 Å². The lowest BCUT2D eigenvalue weighted by molar-refractivity contribution is -0.276. The molecule has 13 heavy (non-hydrogen) atoms. The van der Waals surface area contributed by atoms with Crippen LogP contribution in [-0.2, 0) is 0 Å². The maximum absolute atomic E-state index is 11.6. The van der Waals surface area contributed by atoms with Gasteiger partial charge in [-0.25, -0.2) is 4.98 Å². The molecule has 1 heterocycles.